The van der Waals surface area contributed by atoms with Crippen molar-refractivity contribution >= 4 is 5.91 Å². The highest BCUT2D eigenvalue weighted by molar-refractivity contribution is 5.92. The Hall–Kier alpha value is -1.49. The lowest BCUT2D eigenvalue weighted by Gasteiger charge is -2.23. The molecule has 1 atom stereocenters. The van der Waals surface area contributed by atoms with Crippen LogP contribution in [-0.4, -0.2) is 27.8 Å². The average Bonchev–Trinajstić information content (AvgIpc) is 2.30. The Morgan fingerprint density at radius 3 is 2.42 bits per heavy atom. The average molecular weight is 265 g/mol. The van der Waals surface area contributed by atoms with Gasteiger partial charge < -0.3 is 10.8 Å². The molecule has 5 nitrogen and oxygen atoms in total. The van der Waals surface area contributed by atoms with Crippen molar-refractivity contribution in [2.24, 2.45) is 17.6 Å². The number of primary amides is 1. The van der Waals surface area contributed by atoms with E-state index < -0.39 is 5.91 Å². The van der Waals surface area contributed by atoms with Crippen LogP contribution in [0.15, 0.2) is 6.20 Å². The first-order valence-corrected chi connectivity index (χ1v) is 6.63. The molecule has 0 radical (unpaired) electrons. The van der Waals surface area contributed by atoms with Crippen LogP contribution in [0, 0.1) is 11.8 Å². The fourth-order valence-corrected chi connectivity index (χ4v) is 2.23. The lowest BCUT2D eigenvalue weighted by atomic mass is 9.84. The summed E-state index contributed by atoms with van der Waals surface area (Å²) in [5, 5.41) is 17.3. The molecule has 0 aliphatic heterocycles. The lowest BCUT2D eigenvalue weighted by Crippen LogP contribution is -2.22. The second-order valence-corrected chi connectivity index (χ2v) is 5.62. The number of hydrogen-bond acceptors (Lipinski definition) is 4. The van der Waals surface area contributed by atoms with Crippen LogP contribution in [0.5, 0.6) is 0 Å². The monoisotopic (exact) mass is 265 g/mol. The van der Waals surface area contributed by atoms with Gasteiger partial charge in [0.25, 0.3) is 5.91 Å². The zero-order chi connectivity index (χ0) is 14.6. The van der Waals surface area contributed by atoms with Crippen LogP contribution in [-0.2, 0) is 6.42 Å². The minimum atomic E-state index is -0.564. The summed E-state index contributed by atoms with van der Waals surface area (Å²) in [6.07, 6.45) is 2.34. The molecular formula is C14H23N3O2. The molecule has 0 fully saturated rings. The van der Waals surface area contributed by atoms with Crippen LogP contribution < -0.4 is 5.73 Å². The molecule has 19 heavy (non-hydrogen) atoms. The number of carbonyl (C=O) groups is 1. The second kappa shape index (κ2) is 6.61. The van der Waals surface area contributed by atoms with Crippen LogP contribution >= 0.6 is 0 Å². The van der Waals surface area contributed by atoms with Gasteiger partial charge in [0.05, 0.1) is 12.8 Å². The number of aromatic nitrogens is 2. The maximum Gasteiger partial charge on any atom is 0.269 e. The van der Waals surface area contributed by atoms with E-state index in [0.717, 1.165) is 11.1 Å². The third kappa shape index (κ3) is 3.73. The zero-order valence-corrected chi connectivity index (χ0v) is 12.1. The van der Waals surface area contributed by atoms with Crippen molar-refractivity contribution in [3.05, 3.63) is 23.0 Å². The first-order chi connectivity index (χ1) is 8.88. The molecule has 0 bridgehead atoms. The van der Waals surface area contributed by atoms with Crippen molar-refractivity contribution in [3.63, 3.8) is 0 Å². The van der Waals surface area contributed by atoms with Crippen LogP contribution in [0.1, 0.15) is 55.2 Å². The summed E-state index contributed by atoms with van der Waals surface area (Å²) in [6.45, 7) is 8.22. The molecule has 5 heteroatoms. The third-order valence-corrected chi connectivity index (χ3v) is 3.24. The van der Waals surface area contributed by atoms with E-state index in [4.69, 9.17) is 5.73 Å². The summed E-state index contributed by atoms with van der Waals surface area (Å²) in [6, 6.07) is 0. The van der Waals surface area contributed by atoms with Crippen molar-refractivity contribution in [1.29, 1.82) is 0 Å². The van der Waals surface area contributed by atoms with E-state index in [-0.39, 0.29) is 24.1 Å². The van der Waals surface area contributed by atoms with Gasteiger partial charge in [-0.05, 0) is 29.4 Å². The molecule has 1 heterocycles. The number of hydrogen-bond donors (Lipinski definition) is 2. The predicted molar refractivity (Wildman–Crippen MR) is 73.8 cm³/mol. The highest BCUT2D eigenvalue weighted by Gasteiger charge is 2.23. The van der Waals surface area contributed by atoms with E-state index >= 15 is 0 Å². The van der Waals surface area contributed by atoms with Crippen molar-refractivity contribution in [3.8, 4) is 0 Å². The van der Waals surface area contributed by atoms with Gasteiger partial charge in [-0.3, -0.25) is 4.79 Å². The van der Waals surface area contributed by atoms with Crippen molar-refractivity contribution in [1.82, 2.24) is 10.2 Å². The minimum Gasteiger partial charge on any atom is -0.396 e. The summed E-state index contributed by atoms with van der Waals surface area (Å²) < 4.78 is 0. The Morgan fingerprint density at radius 1 is 1.37 bits per heavy atom. The van der Waals surface area contributed by atoms with Crippen molar-refractivity contribution in [2.75, 3.05) is 6.61 Å². The molecule has 0 aromatic carbocycles. The molecule has 0 aliphatic carbocycles. The number of aliphatic hydroxyl groups excluding tert-OH is 1. The first kappa shape index (κ1) is 15.6. The quantitative estimate of drug-likeness (QED) is 0.815. The molecule has 106 valence electrons. The van der Waals surface area contributed by atoms with Crippen LogP contribution in [0.25, 0.3) is 0 Å². The number of amides is 1. The molecule has 0 spiro atoms. The molecule has 3 N–H and O–H groups in total. The molecule has 1 amide bonds. The first-order valence-electron chi connectivity index (χ1n) is 6.63. The molecule has 1 aromatic heterocycles. The van der Waals surface area contributed by atoms with E-state index in [1.807, 2.05) is 13.8 Å². The number of nitrogens with zero attached hydrogens (tertiary/aromatic N) is 2. The number of carbonyl (C=O) groups excluding carboxylic acids is 1. The van der Waals surface area contributed by atoms with E-state index in [1.165, 1.54) is 0 Å². The molecule has 0 saturated carbocycles. The normalized spacial score (nSPS) is 13.0. The van der Waals surface area contributed by atoms with Crippen LogP contribution in [0.3, 0.4) is 0 Å². The van der Waals surface area contributed by atoms with Gasteiger partial charge in [0.2, 0.25) is 0 Å². The summed E-state index contributed by atoms with van der Waals surface area (Å²) in [5.74, 6) is 0.00110. The number of aliphatic hydroxyl groups is 1. The van der Waals surface area contributed by atoms with Gasteiger partial charge >= 0.3 is 0 Å². The van der Waals surface area contributed by atoms with Gasteiger partial charge in [0.15, 0.2) is 5.69 Å². The molecule has 1 aromatic rings. The van der Waals surface area contributed by atoms with Gasteiger partial charge in [0.1, 0.15) is 0 Å². The fraction of sp³-hybridized carbons (Fsp3) is 0.643. The zero-order valence-electron chi connectivity index (χ0n) is 12.1. The summed E-state index contributed by atoms with van der Waals surface area (Å²) in [5.41, 5.74) is 7.31. The summed E-state index contributed by atoms with van der Waals surface area (Å²) in [4.78, 5) is 11.5. The van der Waals surface area contributed by atoms with Crippen molar-refractivity contribution in [2.45, 2.75) is 40.0 Å². The Balaban J connectivity index is 3.36. The van der Waals surface area contributed by atoms with Crippen LogP contribution in [0.2, 0.25) is 0 Å². The molecule has 1 rings (SSSR count). The molecule has 0 aliphatic rings. The van der Waals surface area contributed by atoms with Gasteiger partial charge in [0, 0.05) is 5.92 Å². The Bertz CT molecular complexity index is 444. The lowest BCUT2D eigenvalue weighted by molar-refractivity contribution is 0.0993. The van der Waals surface area contributed by atoms with Gasteiger partial charge in [-0.25, -0.2) is 0 Å². The van der Waals surface area contributed by atoms with E-state index in [1.54, 1.807) is 6.20 Å². The van der Waals surface area contributed by atoms with E-state index in [2.05, 4.69) is 24.0 Å². The molecule has 0 saturated heterocycles. The molecule has 0 unspecified atom stereocenters. The maximum atomic E-state index is 11.5. The SMILES string of the molecule is CC(C)Cc1c([C@@H](CO)C(C)C)cnnc1C(N)=O. The largest absolute Gasteiger partial charge is 0.396 e. The second-order valence-electron chi connectivity index (χ2n) is 5.62. The van der Waals surface area contributed by atoms with E-state index in [0.29, 0.717) is 12.3 Å². The molecular weight excluding hydrogens is 242 g/mol. The Morgan fingerprint density at radius 2 is 2.00 bits per heavy atom. The van der Waals surface area contributed by atoms with Gasteiger partial charge in [-0.2, -0.15) is 5.10 Å². The third-order valence-electron chi connectivity index (χ3n) is 3.24. The highest BCUT2D eigenvalue weighted by Crippen LogP contribution is 2.28. The Labute approximate surface area is 114 Å². The summed E-state index contributed by atoms with van der Waals surface area (Å²) in [7, 11) is 0. The topological polar surface area (TPSA) is 89.1 Å². The number of rotatable bonds is 6. The maximum absolute atomic E-state index is 11.5. The predicted octanol–water partition coefficient (Wildman–Crippen LogP) is 1.51. The van der Waals surface area contributed by atoms with E-state index in [9.17, 15) is 9.90 Å². The summed E-state index contributed by atoms with van der Waals surface area (Å²) >= 11 is 0. The fourth-order valence-electron chi connectivity index (χ4n) is 2.23. The van der Waals surface area contributed by atoms with Crippen molar-refractivity contribution < 1.29 is 9.90 Å². The van der Waals surface area contributed by atoms with Crippen LogP contribution in [0.4, 0.5) is 0 Å². The number of nitrogens with two attached hydrogens (primary N) is 1. The minimum absolute atomic E-state index is 0.0205. The smallest absolute Gasteiger partial charge is 0.269 e. The Kier molecular flexibility index (Phi) is 5.42. The standard InChI is InChI=1S/C14H23N3O2/c1-8(2)5-10-11(12(7-18)9(3)4)6-16-17-13(10)14(15)19/h6,8-9,12,18H,5,7H2,1-4H3,(H2,15,19)/t12-/m0/s1. The van der Waals surface area contributed by atoms with Gasteiger partial charge in [-0.15, -0.1) is 5.10 Å². The highest BCUT2D eigenvalue weighted by atomic mass is 16.3. The van der Waals surface area contributed by atoms with Gasteiger partial charge in [-0.1, -0.05) is 27.7 Å².